The molecule has 0 aromatic carbocycles. The Morgan fingerprint density at radius 3 is 2.14 bits per heavy atom. The molecule has 4 nitrogen and oxygen atoms in total. The molecule has 0 amide bonds. The number of nitriles is 1. The van der Waals surface area contributed by atoms with Crippen molar-refractivity contribution in [3.63, 3.8) is 0 Å². The summed E-state index contributed by atoms with van der Waals surface area (Å²) in [5.41, 5.74) is 0.785. The van der Waals surface area contributed by atoms with Gasteiger partial charge in [-0.15, -0.1) is 0 Å². The number of dihydropyridines is 1. The average Bonchev–Trinajstić information content (AvgIpc) is 2.33. The van der Waals surface area contributed by atoms with E-state index in [1.807, 2.05) is 12.3 Å². The fourth-order valence-electron chi connectivity index (χ4n) is 0.977. The highest BCUT2D eigenvalue weighted by molar-refractivity contribution is 5.29. The van der Waals surface area contributed by atoms with Crippen LogP contribution >= 0.6 is 0 Å². The van der Waals surface area contributed by atoms with Gasteiger partial charge < -0.3 is 14.8 Å². The quantitative estimate of drug-likeness (QED) is 0.613. The first-order valence-corrected chi connectivity index (χ1v) is 4.58. The van der Waals surface area contributed by atoms with Gasteiger partial charge in [-0.1, -0.05) is 0 Å². The fraction of sp³-hybridized carbons (Fsp3) is 0.500. The summed E-state index contributed by atoms with van der Waals surface area (Å²) >= 11 is 0. The van der Waals surface area contributed by atoms with E-state index in [9.17, 15) is 0 Å². The van der Waals surface area contributed by atoms with Crippen LogP contribution in [0.1, 0.15) is 0 Å². The first kappa shape index (κ1) is 10.8. The molecule has 76 valence electrons. The predicted octanol–water partition coefficient (Wildman–Crippen LogP) is 0.586. The molecule has 2 aliphatic rings. The largest absolute Gasteiger partial charge is 0.386 e. The summed E-state index contributed by atoms with van der Waals surface area (Å²) in [5, 5.41) is 11.2. The molecule has 0 atom stereocenters. The van der Waals surface area contributed by atoms with E-state index in [0.29, 0.717) is 6.54 Å². The lowest BCUT2D eigenvalue weighted by molar-refractivity contribution is -0.0334. The van der Waals surface area contributed by atoms with Crippen LogP contribution in [0, 0.1) is 11.3 Å². The number of rotatable bonds is 0. The van der Waals surface area contributed by atoms with Gasteiger partial charge in [0.2, 0.25) is 0 Å². The summed E-state index contributed by atoms with van der Waals surface area (Å²) in [6, 6.07) is 2.05. The smallest absolute Gasteiger partial charge is 0.0966 e. The number of allylic oxidation sites excluding steroid dienone is 2. The third kappa shape index (κ3) is 4.65. The molecule has 1 saturated heterocycles. The Kier molecular flexibility index (Phi) is 5.48. The maximum Gasteiger partial charge on any atom is 0.0966 e. The number of nitrogens with one attached hydrogen (secondary N) is 1. The minimum Gasteiger partial charge on any atom is -0.386 e. The molecule has 2 aliphatic heterocycles. The Morgan fingerprint density at radius 1 is 1.21 bits per heavy atom. The third-order valence-electron chi connectivity index (χ3n) is 1.69. The highest BCUT2D eigenvalue weighted by atomic mass is 16.6. The van der Waals surface area contributed by atoms with Crippen LogP contribution < -0.4 is 5.32 Å². The van der Waals surface area contributed by atoms with E-state index in [-0.39, 0.29) is 0 Å². The van der Waals surface area contributed by atoms with Crippen molar-refractivity contribution in [3.05, 3.63) is 23.9 Å². The standard InChI is InChI=1S/C6H6N2.C4H8O2/c7-4-6-2-1-3-8-5-6;1-2-6-4-3-5-1/h1-3,8H,5H2;1-4H2. The number of hydrogen-bond acceptors (Lipinski definition) is 4. The molecular formula is C10H14N2O2. The normalized spacial score (nSPS) is 19.5. The number of hydrogen-bond donors (Lipinski definition) is 1. The zero-order valence-corrected chi connectivity index (χ0v) is 8.03. The molecule has 0 aromatic heterocycles. The topological polar surface area (TPSA) is 54.3 Å². The van der Waals surface area contributed by atoms with Crippen molar-refractivity contribution in [1.82, 2.24) is 5.32 Å². The van der Waals surface area contributed by atoms with E-state index in [2.05, 4.69) is 11.4 Å². The molecule has 0 spiro atoms. The first-order valence-electron chi connectivity index (χ1n) is 4.58. The van der Waals surface area contributed by atoms with Gasteiger partial charge in [0.1, 0.15) is 0 Å². The number of nitrogens with zero attached hydrogens (tertiary/aromatic N) is 1. The molecule has 14 heavy (non-hydrogen) atoms. The molecule has 0 unspecified atom stereocenters. The summed E-state index contributed by atoms with van der Waals surface area (Å²) in [6.45, 7) is 3.78. The van der Waals surface area contributed by atoms with Crippen LogP contribution in [0.5, 0.6) is 0 Å². The van der Waals surface area contributed by atoms with Crippen molar-refractivity contribution in [1.29, 1.82) is 5.26 Å². The molecule has 0 aromatic rings. The van der Waals surface area contributed by atoms with Gasteiger partial charge in [0.15, 0.2) is 0 Å². The van der Waals surface area contributed by atoms with Crippen molar-refractivity contribution in [2.24, 2.45) is 0 Å². The molecule has 1 N–H and O–H groups in total. The lowest BCUT2D eigenvalue weighted by atomic mass is 10.2. The minimum atomic E-state index is 0.674. The summed E-state index contributed by atoms with van der Waals surface area (Å²) in [7, 11) is 0. The van der Waals surface area contributed by atoms with Crippen LogP contribution in [0.15, 0.2) is 23.9 Å². The van der Waals surface area contributed by atoms with Crippen molar-refractivity contribution >= 4 is 0 Å². The van der Waals surface area contributed by atoms with Gasteiger partial charge >= 0.3 is 0 Å². The Bertz CT molecular complexity index is 238. The van der Waals surface area contributed by atoms with Gasteiger partial charge in [-0.2, -0.15) is 5.26 Å². The third-order valence-corrected chi connectivity index (χ3v) is 1.69. The molecule has 0 radical (unpaired) electrons. The van der Waals surface area contributed by atoms with E-state index in [0.717, 1.165) is 32.0 Å². The second kappa shape index (κ2) is 7.13. The molecule has 0 bridgehead atoms. The zero-order valence-electron chi connectivity index (χ0n) is 8.03. The van der Waals surface area contributed by atoms with Crippen molar-refractivity contribution in [3.8, 4) is 6.07 Å². The zero-order chi connectivity index (χ0) is 10.1. The van der Waals surface area contributed by atoms with Crippen LogP contribution in [-0.4, -0.2) is 33.0 Å². The van der Waals surface area contributed by atoms with E-state index >= 15 is 0 Å². The molecular weight excluding hydrogens is 180 g/mol. The van der Waals surface area contributed by atoms with Crippen LogP contribution in [0.3, 0.4) is 0 Å². The minimum absolute atomic E-state index is 0.674. The molecule has 2 rings (SSSR count). The van der Waals surface area contributed by atoms with Crippen LogP contribution in [0.25, 0.3) is 0 Å². The number of ether oxygens (including phenoxy) is 2. The molecule has 0 aliphatic carbocycles. The Morgan fingerprint density at radius 2 is 1.86 bits per heavy atom. The predicted molar refractivity (Wildman–Crippen MR) is 52.5 cm³/mol. The van der Waals surface area contributed by atoms with E-state index in [1.54, 1.807) is 6.08 Å². The van der Waals surface area contributed by atoms with Gasteiger partial charge in [-0.25, -0.2) is 0 Å². The van der Waals surface area contributed by atoms with Crippen LogP contribution in [0.2, 0.25) is 0 Å². The van der Waals surface area contributed by atoms with Gasteiger partial charge in [-0.05, 0) is 18.4 Å². The van der Waals surface area contributed by atoms with Crippen LogP contribution in [-0.2, 0) is 9.47 Å². The highest BCUT2D eigenvalue weighted by Gasteiger charge is 1.94. The summed E-state index contributed by atoms with van der Waals surface area (Å²) in [4.78, 5) is 0. The Hall–Kier alpha value is -1.31. The lowest BCUT2D eigenvalue weighted by Gasteiger charge is -2.09. The maximum atomic E-state index is 8.30. The van der Waals surface area contributed by atoms with Gasteiger partial charge in [0.25, 0.3) is 0 Å². The maximum absolute atomic E-state index is 8.30. The second-order valence-electron chi connectivity index (χ2n) is 2.77. The fourth-order valence-corrected chi connectivity index (χ4v) is 0.977. The SMILES string of the molecule is C1COCCO1.N#CC1=CC=CNC1. The van der Waals surface area contributed by atoms with E-state index in [4.69, 9.17) is 14.7 Å². The highest BCUT2D eigenvalue weighted by Crippen LogP contribution is 1.93. The molecule has 0 saturated carbocycles. The first-order chi connectivity index (χ1) is 6.93. The van der Waals surface area contributed by atoms with Gasteiger partial charge in [0, 0.05) is 12.1 Å². The summed E-state index contributed by atoms with van der Waals surface area (Å²) < 4.78 is 9.89. The van der Waals surface area contributed by atoms with Gasteiger partial charge in [0.05, 0.1) is 32.5 Å². The lowest BCUT2D eigenvalue weighted by Crippen LogP contribution is -2.16. The Balaban J connectivity index is 0.000000146. The van der Waals surface area contributed by atoms with Crippen molar-refractivity contribution in [2.75, 3.05) is 33.0 Å². The van der Waals surface area contributed by atoms with Crippen molar-refractivity contribution < 1.29 is 9.47 Å². The van der Waals surface area contributed by atoms with Crippen LogP contribution in [0.4, 0.5) is 0 Å². The van der Waals surface area contributed by atoms with Crippen molar-refractivity contribution in [2.45, 2.75) is 0 Å². The average molecular weight is 194 g/mol. The second-order valence-corrected chi connectivity index (χ2v) is 2.77. The molecule has 1 fully saturated rings. The monoisotopic (exact) mass is 194 g/mol. The molecule has 2 heterocycles. The Labute approximate surface area is 83.8 Å². The summed E-state index contributed by atoms with van der Waals surface area (Å²) in [6.07, 6.45) is 5.44. The summed E-state index contributed by atoms with van der Waals surface area (Å²) in [5.74, 6) is 0. The molecule has 4 heteroatoms. The van der Waals surface area contributed by atoms with E-state index in [1.165, 1.54) is 0 Å². The van der Waals surface area contributed by atoms with Gasteiger partial charge in [-0.3, -0.25) is 0 Å². The van der Waals surface area contributed by atoms with E-state index < -0.39 is 0 Å².